The minimum absolute atomic E-state index is 0.00526. The van der Waals surface area contributed by atoms with Gasteiger partial charge in [-0.05, 0) is 104 Å². The maximum absolute atomic E-state index is 14.8. The Balaban J connectivity index is 1.52. The number of ether oxygens (including phenoxy) is 6. The highest BCUT2D eigenvalue weighted by molar-refractivity contribution is 6.03. The lowest BCUT2D eigenvalue weighted by Crippen LogP contribution is -2.70. The van der Waals surface area contributed by atoms with Gasteiger partial charge in [-0.2, -0.15) is 0 Å². The Morgan fingerprint density at radius 2 is 1.72 bits per heavy atom. The number of aliphatic hydroxyl groups excluding tert-OH is 3. The molecule has 2 amide bonds. The van der Waals surface area contributed by atoms with Gasteiger partial charge in [-0.25, -0.2) is 4.79 Å². The van der Waals surface area contributed by atoms with E-state index in [1.54, 1.807) is 65.6 Å². The van der Waals surface area contributed by atoms with Crippen molar-refractivity contribution in [3.05, 3.63) is 112 Å². The van der Waals surface area contributed by atoms with E-state index in [-0.39, 0.29) is 82.5 Å². The number of oxime groups is 1. The van der Waals surface area contributed by atoms with Crippen LogP contribution in [0.5, 0.6) is 23.0 Å². The van der Waals surface area contributed by atoms with Crippen LogP contribution >= 0.6 is 0 Å². The van der Waals surface area contributed by atoms with Crippen LogP contribution in [0.4, 0.5) is 16.2 Å². The molecule has 4 N–H and O–H groups in total. The minimum Gasteiger partial charge on any atom is -0.497 e. The summed E-state index contributed by atoms with van der Waals surface area (Å²) in [5, 5.41) is 48.4. The fourth-order valence-corrected chi connectivity index (χ4v) is 9.72. The second kappa shape index (κ2) is 25.3. The number of methoxy groups -OCH3 is 2. The number of nitrogens with one attached hydrogen (secondary N) is 1. The molecule has 1 aliphatic heterocycles. The van der Waals surface area contributed by atoms with Gasteiger partial charge in [-0.1, -0.05) is 30.1 Å². The fourth-order valence-electron chi connectivity index (χ4n) is 9.72. The number of rotatable bonds is 26. The van der Waals surface area contributed by atoms with Crippen LogP contribution in [0.3, 0.4) is 0 Å². The summed E-state index contributed by atoms with van der Waals surface area (Å²) in [6, 6.07) is 15.1. The number of anilines is 1. The second-order valence-corrected chi connectivity index (χ2v) is 16.8. The molecule has 0 aromatic heterocycles. The molecule has 18 nitrogen and oxygen atoms in total. The normalized spacial score (nSPS) is 21.9. The van der Waals surface area contributed by atoms with E-state index in [0.29, 0.717) is 59.9 Å². The molecular weight excluding hydrogens is 893 g/mol. The van der Waals surface area contributed by atoms with Gasteiger partial charge in [0.05, 0.1) is 62.9 Å². The average Bonchev–Trinajstić information content (AvgIpc) is 3.35. The second-order valence-electron chi connectivity index (χ2n) is 16.8. The van der Waals surface area contributed by atoms with Gasteiger partial charge in [0, 0.05) is 61.9 Å². The molecule has 3 aliphatic rings. The molecule has 18 heteroatoms. The number of benzene rings is 3. The lowest BCUT2D eigenvalue weighted by Gasteiger charge is -2.60. The summed E-state index contributed by atoms with van der Waals surface area (Å²) >= 11 is 0. The number of nitro groups is 1. The zero-order valence-electron chi connectivity index (χ0n) is 39.5. The summed E-state index contributed by atoms with van der Waals surface area (Å²) in [7, 11) is 3.01. The summed E-state index contributed by atoms with van der Waals surface area (Å²) in [6.07, 6.45) is 10.1. The smallest absolute Gasteiger partial charge is 0.417 e. The minimum atomic E-state index is -1.60. The number of carbonyl (C=O) groups is 2. The standard InChI is InChI=1S/C51H64N4O14/c1-5-27-66-51-46(54(23-28-65-29-26-58)47(59)22-15-34-13-16-36(17-14-34)55(61)62)33-43(53-67-6-2)40-30-35(11-7-9-24-56)39(12-8-10-25-57)48(49(40)51)41-31-38(19-21-44(41)69-51)68-50(60)52-42-20-18-37(63-3)32-45(42)64-4/h5,13-22,30-32,35,39,46,48-49,56-58H,1,6-12,23-29,33H2,2-4H3,(H,52,60). The first-order chi connectivity index (χ1) is 33.5. The molecule has 6 atom stereocenters. The Labute approximate surface area is 402 Å². The van der Waals surface area contributed by atoms with Gasteiger partial charge in [-0.15, -0.1) is 6.58 Å². The zero-order chi connectivity index (χ0) is 49.3. The number of carbonyl (C=O) groups excluding carboxylic acids is 2. The van der Waals surface area contributed by atoms with Crippen molar-refractivity contribution in [3.63, 3.8) is 0 Å². The third-order valence-corrected chi connectivity index (χ3v) is 12.7. The third kappa shape index (κ3) is 12.5. The number of nitro benzene ring substituents is 1. The van der Waals surface area contributed by atoms with Crippen LogP contribution in [-0.2, 0) is 19.1 Å². The Hall–Kier alpha value is -6.31. The number of aliphatic hydroxyl groups is 3. The van der Waals surface area contributed by atoms with Crippen molar-refractivity contribution in [2.24, 2.45) is 22.9 Å². The highest BCUT2D eigenvalue weighted by atomic mass is 16.7. The highest BCUT2D eigenvalue weighted by Gasteiger charge is 2.65. The molecule has 0 radical (unpaired) electrons. The maximum Gasteiger partial charge on any atom is 0.417 e. The molecule has 2 aliphatic carbocycles. The number of allylic oxidation sites excluding steroid dienone is 1. The van der Waals surface area contributed by atoms with Crippen molar-refractivity contribution in [3.8, 4) is 23.0 Å². The van der Waals surface area contributed by atoms with Gasteiger partial charge in [0.2, 0.25) is 11.7 Å². The zero-order valence-corrected chi connectivity index (χ0v) is 39.5. The maximum atomic E-state index is 14.8. The Kier molecular flexibility index (Phi) is 19.1. The molecule has 6 unspecified atom stereocenters. The van der Waals surface area contributed by atoms with Gasteiger partial charge >= 0.3 is 6.09 Å². The van der Waals surface area contributed by atoms with E-state index in [1.165, 1.54) is 32.4 Å². The fraction of sp³-hybridized carbons (Fsp3) is 0.471. The number of nitrogens with zero attached hydrogens (tertiary/aromatic N) is 3. The summed E-state index contributed by atoms with van der Waals surface area (Å²) < 4.78 is 36.8. The first kappa shape index (κ1) is 52.1. The van der Waals surface area contributed by atoms with E-state index in [4.69, 9.17) is 38.4 Å². The van der Waals surface area contributed by atoms with Gasteiger partial charge < -0.3 is 53.5 Å². The number of non-ortho nitro benzene ring substituents is 1. The van der Waals surface area contributed by atoms with Crippen LogP contribution in [0, 0.1) is 27.9 Å². The molecule has 372 valence electrons. The van der Waals surface area contributed by atoms with Crippen LogP contribution in [0.15, 0.2) is 96.2 Å². The van der Waals surface area contributed by atoms with E-state index in [9.17, 15) is 35.0 Å². The Bertz CT molecular complexity index is 2320. The van der Waals surface area contributed by atoms with Crippen molar-refractivity contribution in [1.29, 1.82) is 0 Å². The number of amides is 2. The molecule has 0 bridgehead atoms. The Morgan fingerprint density at radius 3 is 2.41 bits per heavy atom. The highest BCUT2D eigenvalue weighted by Crippen LogP contribution is 2.62. The lowest BCUT2D eigenvalue weighted by molar-refractivity contribution is -0.384. The van der Waals surface area contributed by atoms with Crippen LogP contribution in [0.2, 0.25) is 0 Å². The molecule has 0 spiro atoms. The molecule has 6 rings (SSSR count). The van der Waals surface area contributed by atoms with E-state index in [1.807, 2.05) is 6.92 Å². The van der Waals surface area contributed by atoms with Gasteiger partial charge in [0.25, 0.3) is 5.69 Å². The van der Waals surface area contributed by atoms with Gasteiger partial charge in [0.1, 0.15) is 35.6 Å². The predicted octanol–water partition coefficient (Wildman–Crippen LogP) is 7.43. The van der Waals surface area contributed by atoms with E-state index in [0.717, 1.165) is 24.0 Å². The molecule has 69 heavy (non-hydrogen) atoms. The Morgan fingerprint density at radius 1 is 0.971 bits per heavy atom. The molecule has 0 saturated heterocycles. The topological polar surface area (TPSA) is 230 Å². The number of fused-ring (bicyclic) bond motifs is 2. The van der Waals surface area contributed by atoms with E-state index < -0.39 is 40.6 Å². The molecule has 1 fully saturated rings. The van der Waals surface area contributed by atoms with Crippen molar-refractivity contribution in [2.45, 2.75) is 69.6 Å². The first-order valence-electron chi connectivity index (χ1n) is 23.4. The molecule has 3 aromatic rings. The van der Waals surface area contributed by atoms with Crippen molar-refractivity contribution < 1.29 is 63.1 Å². The quantitative estimate of drug-likeness (QED) is 0.0202. The molecule has 1 saturated carbocycles. The van der Waals surface area contributed by atoms with Crippen molar-refractivity contribution >= 4 is 35.2 Å². The SMILES string of the molecule is C=CCOC12Oc3ccc(OC(=O)Nc4ccc(OC)cc4OC)cc3C3C(CCCCO)C(CCCCO)C=C(C(=NOCC)CC1N(CCOCCO)C(=O)C=Cc1ccc([N+](=O)[O-])cc1)C32. The van der Waals surface area contributed by atoms with Gasteiger partial charge in [-0.3, -0.25) is 20.2 Å². The van der Waals surface area contributed by atoms with Crippen LogP contribution in [0.25, 0.3) is 6.08 Å². The number of hydrogen-bond donors (Lipinski definition) is 4. The van der Waals surface area contributed by atoms with Crippen LogP contribution in [-0.4, -0.2) is 122 Å². The molecular formula is C51H64N4O14. The largest absolute Gasteiger partial charge is 0.497 e. The van der Waals surface area contributed by atoms with Crippen LogP contribution in [0.1, 0.15) is 68.9 Å². The first-order valence-corrected chi connectivity index (χ1v) is 23.4. The summed E-state index contributed by atoms with van der Waals surface area (Å²) in [5.74, 6) is -1.71. The van der Waals surface area contributed by atoms with Gasteiger partial charge in [0.15, 0.2) is 0 Å². The lowest BCUT2D eigenvalue weighted by atomic mass is 9.55. The monoisotopic (exact) mass is 956 g/mol. The molecule has 1 heterocycles. The summed E-state index contributed by atoms with van der Waals surface area (Å²) in [5.41, 5.74) is 2.95. The third-order valence-electron chi connectivity index (χ3n) is 12.7. The number of hydrogen-bond acceptors (Lipinski definition) is 15. The predicted molar refractivity (Wildman–Crippen MR) is 258 cm³/mol. The van der Waals surface area contributed by atoms with E-state index in [2.05, 4.69) is 18.0 Å². The van der Waals surface area contributed by atoms with E-state index >= 15 is 0 Å². The summed E-state index contributed by atoms with van der Waals surface area (Å²) in [4.78, 5) is 46.8. The summed E-state index contributed by atoms with van der Waals surface area (Å²) in [6.45, 7) is 6.01. The van der Waals surface area contributed by atoms with Crippen molar-refractivity contribution in [1.82, 2.24) is 4.90 Å². The number of unbranched alkanes of at least 4 members (excludes halogenated alkanes) is 2. The molecule has 3 aromatic carbocycles. The van der Waals surface area contributed by atoms with Crippen LogP contribution < -0.4 is 24.3 Å². The van der Waals surface area contributed by atoms with Crippen molar-refractivity contribution in [2.75, 3.05) is 72.3 Å². The average molecular weight is 957 g/mol.